The van der Waals surface area contributed by atoms with Gasteiger partial charge in [0.15, 0.2) is 0 Å². The molecule has 0 aliphatic rings. The Morgan fingerprint density at radius 2 is 1.74 bits per heavy atom. The molecule has 2 aromatic rings. The van der Waals surface area contributed by atoms with Crippen molar-refractivity contribution in [3.05, 3.63) is 59.7 Å². The summed E-state index contributed by atoms with van der Waals surface area (Å²) in [4.78, 5) is 21.6. The van der Waals surface area contributed by atoms with Gasteiger partial charge >= 0.3 is 6.18 Å². The highest BCUT2D eigenvalue weighted by molar-refractivity contribution is 5.82. The molecule has 1 heterocycles. The zero-order valence-electron chi connectivity index (χ0n) is 12.7. The van der Waals surface area contributed by atoms with Gasteiger partial charge in [0.1, 0.15) is 6.33 Å². The lowest BCUT2D eigenvalue weighted by Gasteiger charge is -2.21. The Morgan fingerprint density at radius 3 is 2.26 bits per heavy atom. The number of likely N-dealkylation sites (N-methyl/N-ethyl adjacent to an activating group) is 1. The molecule has 0 aliphatic carbocycles. The summed E-state index contributed by atoms with van der Waals surface area (Å²) in [6.45, 7) is 1.97. The van der Waals surface area contributed by atoms with Gasteiger partial charge in [-0.15, -0.1) is 0 Å². The van der Waals surface area contributed by atoms with E-state index >= 15 is 0 Å². The lowest BCUT2D eigenvalue weighted by atomic mass is 10.0. The lowest BCUT2D eigenvalue weighted by molar-refractivity contribution is -0.137. The predicted molar refractivity (Wildman–Crippen MR) is 78.4 cm³/mol. The van der Waals surface area contributed by atoms with Crippen LogP contribution >= 0.6 is 0 Å². The van der Waals surface area contributed by atoms with Crippen molar-refractivity contribution >= 4 is 5.91 Å². The molecule has 1 aromatic carbocycles. The van der Waals surface area contributed by atoms with Crippen LogP contribution in [0.3, 0.4) is 0 Å². The fourth-order valence-electron chi connectivity index (χ4n) is 2.16. The van der Waals surface area contributed by atoms with E-state index in [9.17, 15) is 18.0 Å². The molecule has 122 valence electrons. The fraction of sp³-hybridized carbons (Fsp3) is 0.312. The van der Waals surface area contributed by atoms with E-state index in [0.717, 1.165) is 12.1 Å². The molecule has 1 unspecified atom stereocenters. The van der Waals surface area contributed by atoms with Gasteiger partial charge in [0.25, 0.3) is 0 Å². The maximum Gasteiger partial charge on any atom is 0.416 e. The molecule has 2 rings (SSSR count). The molecule has 0 saturated heterocycles. The summed E-state index contributed by atoms with van der Waals surface area (Å²) in [5.74, 6) is -0.574. The first kappa shape index (κ1) is 16.9. The van der Waals surface area contributed by atoms with Crippen molar-refractivity contribution in [1.82, 2.24) is 14.9 Å². The van der Waals surface area contributed by atoms with Gasteiger partial charge in [0, 0.05) is 31.5 Å². The third kappa shape index (κ3) is 4.28. The Balaban J connectivity index is 2.04. The van der Waals surface area contributed by atoms with Crippen molar-refractivity contribution in [1.29, 1.82) is 0 Å². The Labute approximate surface area is 132 Å². The second kappa shape index (κ2) is 6.76. The summed E-state index contributed by atoms with van der Waals surface area (Å²) >= 11 is 0. The summed E-state index contributed by atoms with van der Waals surface area (Å²) in [7, 11) is 1.61. The lowest BCUT2D eigenvalue weighted by Crippen LogP contribution is -2.30. The van der Waals surface area contributed by atoms with Crippen molar-refractivity contribution in [2.24, 2.45) is 0 Å². The zero-order chi connectivity index (χ0) is 17.0. The number of rotatable bonds is 4. The Hall–Kier alpha value is -2.44. The first-order valence-corrected chi connectivity index (χ1v) is 6.95. The van der Waals surface area contributed by atoms with Gasteiger partial charge in [-0.05, 0) is 24.6 Å². The number of benzene rings is 1. The first-order valence-electron chi connectivity index (χ1n) is 6.95. The molecule has 4 nitrogen and oxygen atoms in total. The highest BCUT2D eigenvalue weighted by Crippen LogP contribution is 2.29. The molecular weight excluding hydrogens is 307 g/mol. The zero-order valence-corrected chi connectivity index (χ0v) is 12.7. The van der Waals surface area contributed by atoms with Crippen LogP contribution in [0.1, 0.15) is 29.5 Å². The van der Waals surface area contributed by atoms with Crippen LogP contribution in [0.25, 0.3) is 0 Å². The third-order valence-corrected chi connectivity index (χ3v) is 3.53. The average molecular weight is 323 g/mol. The van der Waals surface area contributed by atoms with Gasteiger partial charge in [-0.1, -0.05) is 12.1 Å². The summed E-state index contributed by atoms with van der Waals surface area (Å²) in [5.41, 5.74) is 0.618. The van der Waals surface area contributed by atoms with Crippen molar-refractivity contribution in [3.63, 3.8) is 0 Å². The van der Waals surface area contributed by atoms with Crippen molar-refractivity contribution in [3.8, 4) is 0 Å². The third-order valence-electron chi connectivity index (χ3n) is 3.53. The van der Waals surface area contributed by atoms with Gasteiger partial charge in [-0.25, -0.2) is 9.97 Å². The van der Waals surface area contributed by atoms with Gasteiger partial charge in [0.05, 0.1) is 11.5 Å². The number of amides is 1. The second-order valence-electron chi connectivity index (χ2n) is 5.28. The number of halogens is 3. The first-order chi connectivity index (χ1) is 10.8. The minimum Gasteiger partial charge on any atom is -0.341 e. The van der Waals surface area contributed by atoms with Gasteiger partial charge < -0.3 is 4.90 Å². The van der Waals surface area contributed by atoms with Crippen LogP contribution in [0.5, 0.6) is 0 Å². The smallest absolute Gasteiger partial charge is 0.341 e. The van der Waals surface area contributed by atoms with E-state index in [-0.39, 0.29) is 12.5 Å². The highest BCUT2D eigenvalue weighted by Gasteiger charge is 2.30. The van der Waals surface area contributed by atoms with E-state index in [1.807, 2.05) is 0 Å². The quantitative estimate of drug-likeness (QED) is 0.867. The number of hydrogen-bond donors (Lipinski definition) is 0. The molecule has 1 amide bonds. The molecule has 0 spiro atoms. The van der Waals surface area contributed by atoms with E-state index < -0.39 is 17.7 Å². The number of aromatic nitrogens is 2. The van der Waals surface area contributed by atoms with Gasteiger partial charge in [0.2, 0.25) is 5.91 Å². The molecule has 0 aliphatic heterocycles. The van der Waals surface area contributed by atoms with Crippen LogP contribution in [0.4, 0.5) is 13.2 Å². The number of hydrogen-bond acceptors (Lipinski definition) is 3. The Morgan fingerprint density at radius 1 is 1.17 bits per heavy atom. The van der Waals surface area contributed by atoms with Crippen LogP contribution in [-0.2, 0) is 17.5 Å². The summed E-state index contributed by atoms with van der Waals surface area (Å²) in [6, 6.07) is 4.79. The Kier molecular flexibility index (Phi) is 4.98. The molecule has 0 saturated carbocycles. The standard InChI is InChI=1S/C16H16F3N3O/c1-11(13-7-20-10-21-8-13)15(23)22(2)9-12-3-5-14(6-4-12)16(17,18)19/h3-8,10-11H,9H2,1-2H3. The minimum atomic E-state index is -4.36. The summed E-state index contributed by atoms with van der Waals surface area (Å²) < 4.78 is 37.6. The van der Waals surface area contributed by atoms with Gasteiger partial charge in [-0.2, -0.15) is 13.2 Å². The monoisotopic (exact) mass is 323 g/mol. The van der Waals surface area contributed by atoms with Crippen molar-refractivity contribution in [2.45, 2.75) is 25.6 Å². The van der Waals surface area contributed by atoms with Crippen molar-refractivity contribution < 1.29 is 18.0 Å². The average Bonchev–Trinajstić information content (AvgIpc) is 2.54. The number of carbonyl (C=O) groups is 1. The van der Waals surface area contributed by atoms with E-state index in [4.69, 9.17) is 0 Å². The van der Waals surface area contributed by atoms with Crippen LogP contribution in [0.2, 0.25) is 0 Å². The summed E-state index contributed by atoms with van der Waals surface area (Å²) in [6.07, 6.45) is 0.164. The number of nitrogens with zero attached hydrogens (tertiary/aromatic N) is 3. The normalized spacial score (nSPS) is 12.7. The maximum absolute atomic E-state index is 12.5. The molecule has 0 bridgehead atoms. The van der Waals surface area contributed by atoms with Crippen LogP contribution < -0.4 is 0 Å². The predicted octanol–water partition coefficient (Wildman–Crippen LogP) is 3.26. The molecule has 1 atom stereocenters. The second-order valence-corrected chi connectivity index (χ2v) is 5.28. The van der Waals surface area contributed by atoms with Gasteiger partial charge in [-0.3, -0.25) is 4.79 Å². The molecule has 7 heteroatoms. The number of alkyl halides is 3. The SMILES string of the molecule is CC(C(=O)N(C)Cc1ccc(C(F)(F)F)cc1)c1cncnc1. The number of carbonyl (C=O) groups excluding carboxylic acids is 1. The molecule has 0 fully saturated rings. The molecule has 23 heavy (non-hydrogen) atoms. The fourth-order valence-corrected chi connectivity index (χ4v) is 2.16. The molecule has 0 radical (unpaired) electrons. The van der Waals surface area contributed by atoms with Crippen LogP contribution in [0.15, 0.2) is 43.0 Å². The van der Waals surface area contributed by atoms with Crippen LogP contribution in [-0.4, -0.2) is 27.8 Å². The summed E-state index contributed by atoms with van der Waals surface area (Å²) in [5, 5.41) is 0. The van der Waals surface area contributed by atoms with E-state index in [1.54, 1.807) is 26.4 Å². The largest absolute Gasteiger partial charge is 0.416 e. The van der Waals surface area contributed by atoms with Crippen LogP contribution in [0, 0.1) is 0 Å². The highest BCUT2D eigenvalue weighted by atomic mass is 19.4. The van der Waals surface area contributed by atoms with E-state index in [1.165, 1.54) is 23.4 Å². The topological polar surface area (TPSA) is 46.1 Å². The Bertz CT molecular complexity index is 657. The minimum absolute atomic E-state index is 0.153. The van der Waals surface area contributed by atoms with Crippen molar-refractivity contribution in [2.75, 3.05) is 7.05 Å². The molecule has 1 aromatic heterocycles. The van der Waals surface area contributed by atoms with E-state index in [2.05, 4.69) is 9.97 Å². The molecular formula is C16H16F3N3O. The van der Waals surface area contributed by atoms with E-state index in [0.29, 0.717) is 11.1 Å². The molecule has 0 N–H and O–H groups in total. The maximum atomic E-state index is 12.5.